The number of hydrogen-bond donors (Lipinski definition) is 1. The zero-order valence-corrected chi connectivity index (χ0v) is 21.2. The highest BCUT2D eigenvalue weighted by Gasteiger charge is 2.26. The van der Waals surface area contributed by atoms with Crippen LogP contribution < -0.4 is 15.0 Å². The first kappa shape index (κ1) is 24.1. The number of nitrogens with one attached hydrogen (secondary N) is 1. The van der Waals surface area contributed by atoms with Gasteiger partial charge in [-0.3, -0.25) is 9.69 Å². The minimum absolute atomic E-state index is 0.0815. The average Bonchev–Trinajstić information content (AvgIpc) is 2.89. The second kappa shape index (κ2) is 10.6. The molecule has 1 N–H and O–H groups in total. The molecule has 1 aromatic heterocycles. The Morgan fingerprint density at radius 2 is 1.83 bits per heavy atom. The number of piperazine rings is 1. The molecule has 1 aliphatic heterocycles. The quantitative estimate of drug-likeness (QED) is 0.367. The van der Waals surface area contributed by atoms with Gasteiger partial charge in [-0.25, -0.2) is 4.98 Å². The molecule has 1 unspecified atom stereocenters. The smallest absolute Gasteiger partial charge is 0.262 e. The molecule has 0 bridgehead atoms. The number of hydrogen-bond acceptors (Lipinski definition) is 5. The lowest BCUT2D eigenvalue weighted by Crippen LogP contribution is -2.47. The number of pyridine rings is 1. The standard InChI is InChI=1S/C29H29ClN4O2/c1-20-16-28(34-15-14-33(2)27(18-34)21-6-4-3-5-7-21)32-26-13-10-23(17-25(20)26)31-29(35)19-36-24-11-8-22(30)9-12-24/h3-13,16-17,27H,14-15,18-19H2,1-2H3,(H,31,35). The van der Waals surface area contributed by atoms with E-state index >= 15 is 0 Å². The summed E-state index contributed by atoms with van der Waals surface area (Å²) < 4.78 is 5.55. The number of ether oxygens (including phenoxy) is 1. The first-order chi connectivity index (χ1) is 17.5. The van der Waals surface area contributed by atoms with E-state index in [1.54, 1.807) is 24.3 Å². The third kappa shape index (κ3) is 5.45. The van der Waals surface area contributed by atoms with E-state index in [9.17, 15) is 4.79 Å². The summed E-state index contributed by atoms with van der Waals surface area (Å²) in [7, 11) is 2.18. The fourth-order valence-corrected chi connectivity index (χ4v) is 4.74. The average molecular weight is 501 g/mol. The first-order valence-corrected chi connectivity index (χ1v) is 12.4. The molecule has 0 saturated carbocycles. The topological polar surface area (TPSA) is 57.7 Å². The molecule has 6 nitrogen and oxygen atoms in total. The number of nitrogens with zero attached hydrogens (tertiary/aromatic N) is 3. The van der Waals surface area contributed by atoms with E-state index in [2.05, 4.69) is 65.5 Å². The van der Waals surface area contributed by atoms with E-state index in [0.717, 1.165) is 41.9 Å². The number of anilines is 2. The Balaban J connectivity index is 1.29. The largest absolute Gasteiger partial charge is 0.484 e. The van der Waals surface area contributed by atoms with Gasteiger partial charge in [0.05, 0.1) is 11.6 Å². The summed E-state index contributed by atoms with van der Waals surface area (Å²) in [5.74, 6) is 1.36. The summed E-state index contributed by atoms with van der Waals surface area (Å²) in [5.41, 5.74) is 4.07. The van der Waals surface area contributed by atoms with Gasteiger partial charge in [0.1, 0.15) is 11.6 Å². The Kier molecular flexibility index (Phi) is 7.07. The summed E-state index contributed by atoms with van der Waals surface area (Å²) in [4.78, 5) is 22.2. The molecule has 1 atom stereocenters. The highest BCUT2D eigenvalue weighted by molar-refractivity contribution is 6.30. The minimum Gasteiger partial charge on any atom is -0.484 e. The number of amides is 1. The lowest BCUT2D eigenvalue weighted by Gasteiger charge is -2.40. The fraction of sp³-hybridized carbons (Fsp3) is 0.241. The first-order valence-electron chi connectivity index (χ1n) is 12.1. The molecule has 1 aliphatic rings. The highest BCUT2D eigenvalue weighted by atomic mass is 35.5. The maximum Gasteiger partial charge on any atom is 0.262 e. The van der Waals surface area contributed by atoms with Crippen LogP contribution in [0.5, 0.6) is 5.75 Å². The molecule has 0 aliphatic carbocycles. The van der Waals surface area contributed by atoms with Gasteiger partial charge in [-0.05, 0) is 73.6 Å². The maximum atomic E-state index is 12.4. The molecule has 1 saturated heterocycles. The molecule has 36 heavy (non-hydrogen) atoms. The number of rotatable bonds is 6. The van der Waals surface area contributed by atoms with Crippen LogP contribution in [0.2, 0.25) is 5.02 Å². The third-order valence-electron chi connectivity index (χ3n) is 6.63. The van der Waals surface area contributed by atoms with E-state index in [0.29, 0.717) is 22.5 Å². The van der Waals surface area contributed by atoms with Crippen molar-refractivity contribution < 1.29 is 9.53 Å². The number of carbonyl (C=O) groups excluding carboxylic acids is 1. The molecule has 1 fully saturated rings. The van der Waals surface area contributed by atoms with Crippen molar-refractivity contribution in [3.05, 3.63) is 95.0 Å². The fourth-order valence-electron chi connectivity index (χ4n) is 4.61. The molecule has 7 heteroatoms. The number of halogens is 1. The Bertz CT molecular complexity index is 1360. The van der Waals surface area contributed by atoms with Crippen molar-refractivity contribution in [1.82, 2.24) is 9.88 Å². The van der Waals surface area contributed by atoms with Crippen molar-refractivity contribution in [2.45, 2.75) is 13.0 Å². The van der Waals surface area contributed by atoms with Gasteiger partial charge < -0.3 is 15.0 Å². The van der Waals surface area contributed by atoms with Crippen molar-refractivity contribution in [2.24, 2.45) is 0 Å². The summed E-state index contributed by atoms with van der Waals surface area (Å²) in [6.45, 7) is 4.80. The molecule has 1 amide bonds. The number of carbonyl (C=O) groups is 1. The second-order valence-corrected chi connectivity index (χ2v) is 9.61. The van der Waals surface area contributed by atoms with Crippen molar-refractivity contribution >= 4 is 39.9 Å². The Morgan fingerprint density at radius 1 is 1.06 bits per heavy atom. The van der Waals surface area contributed by atoms with Gasteiger partial charge in [-0.15, -0.1) is 0 Å². The predicted molar refractivity (Wildman–Crippen MR) is 146 cm³/mol. The van der Waals surface area contributed by atoms with Gasteiger partial charge in [0, 0.05) is 35.7 Å². The van der Waals surface area contributed by atoms with Crippen molar-refractivity contribution in [3.8, 4) is 5.75 Å². The van der Waals surface area contributed by atoms with Gasteiger partial charge in [0.25, 0.3) is 5.91 Å². The number of benzene rings is 3. The van der Waals surface area contributed by atoms with Crippen LogP contribution in [0.3, 0.4) is 0 Å². The SMILES string of the molecule is Cc1cc(N2CCN(C)C(c3ccccc3)C2)nc2ccc(NC(=O)COc3ccc(Cl)cc3)cc12. The van der Waals surface area contributed by atoms with E-state index in [-0.39, 0.29) is 12.5 Å². The van der Waals surface area contributed by atoms with Crippen LogP contribution in [0.15, 0.2) is 78.9 Å². The molecular weight excluding hydrogens is 472 g/mol. The normalized spacial score (nSPS) is 16.2. The summed E-state index contributed by atoms with van der Waals surface area (Å²) in [6.07, 6.45) is 0. The minimum atomic E-state index is -0.226. The van der Waals surface area contributed by atoms with Gasteiger partial charge in [0.2, 0.25) is 0 Å². The van der Waals surface area contributed by atoms with Crippen LogP contribution >= 0.6 is 11.6 Å². The van der Waals surface area contributed by atoms with Crippen molar-refractivity contribution in [1.29, 1.82) is 0 Å². The van der Waals surface area contributed by atoms with Crippen LogP contribution in [0.25, 0.3) is 10.9 Å². The molecule has 4 aromatic rings. The van der Waals surface area contributed by atoms with Crippen LogP contribution in [0, 0.1) is 6.92 Å². The van der Waals surface area contributed by atoms with Crippen LogP contribution in [0.4, 0.5) is 11.5 Å². The van der Waals surface area contributed by atoms with Crippen LogP contribution in [0.1, 0.15) is 17.2 Å². The molecule has 0 spiro atoms. The third-order valence-corrected chi connectivity index (χ3v) is 6.88. The van der Waals surface area contributed by atoms with E-state index in [1.165, 1.54) is 5.56 Å². The van der Waals surface area contributed by atoms with Crippen LogP contribution in [-0.4, -0.2) is 49.1 Å². The zero-order chi connectivity index (χ0) is 25.1. The second-order valence-electron chi connectivity index (χ2n) is 9.17. The Labute approximate surface area is 216 Å². The van der Waals surface area contributed by atoms with Crippen LogP contribution in [-0.2, 0) is 4.79 Å². The summed E-state index contributed by atoms with van der Waals surface area (Å²) >= 11 is 5.89. The van der Waals surface area contributed by atoms with Crippen molar-refractivity contribution in [2.75, 3.05) is 43.5 Å². The molecule has 5 rings (SSSR count). The van der Waals surface area contributed by atoms with Crippen molar-refractivity contribution in [3.63, 3.8) is 0 Å². The van der Waals surface area contributed by atoms with E-state index < -0.39 is 0 Å². The maximum absolute atomic E-state index is 12.4. The monoisotopic (exact) mass is 500 g/mol. The summed E-state index contributed by atoms with van der Waals surface area (Å²) in [6, 6.07) is 25.9. The lowest BCUT2D eigenvalue weighted by molar-refractivity contribution is -0.118. The zero-order valence-electron chi connectivity index (χ0n) is 20.4. The van der Waals surface area contributed by atoms with E-state index in [4.69, 9.17) is 21.3 Å². The van der Waals surface area contributed by atoms with Gasteiger partial charge in [0.15, 0.2) is 6.61 Å². The van der Waals surface area contributed by atoms with Gasteiger partial charge >= 0.3 is 0 Å². The Morgan fingerprint density at radius 3 is 2.61 bits per heavy atom. The number of likely N-dealkylation sites (N-methyl/N-ethyl adjacent to an activating group) is 1. The molecule has 184 valence electrons. The van der Waals surface area contributed by atoms with Gasteiger partial charge in [-0.1, -0.05) is 41.9 Å². The number of aryl methyl sites for hydroxylation is 1. The molecule has 3 aromatic carbocycles. The Hall–Kier alpha value is -3.61. The molecule has 0 radical (unpaired) electrons. The summed E-state index contributed by atoms with van der Waals surface area (Å²) in [5, 5.41) is 4.56. The predicted octanol–water partition coefficient (Wildman–Crippen LogP) is 5.71. The van der Waals surface area contributed by atoms with Gasteiger partial charge in [-0.2, -0.15) is 0 Å². The number of aromatic nitrogens is 1. The van der Waals surface area contributed by atoms with E-state index in [1.807, 2.05) is 18.2 Å². The number of fused-ring (bicyclic) bond motifs is 1. The lowest BCUT2D eigenvalue weighted by atomic mass is 10.0. The molecule has 2 heterocycles. The highest BCUT2D eigenvalue weighted by Crippen LogP contribution is 2.30. The molecular formula is C29H29ClN4O2.